The molecule has 0 bridgehead atoms. The summed E-state index contributed by atoms with van der Waals surface area (Å²) in [7, 11) is 0. The molecular weight excluding hydrogens is 300 g/mol. The minimum Gasteiger partial charge on any atom is -0.352 e. The molecule has 24 heavy (non-hydrogen) atoms. The smallest absolute Gasteiger partial charge is 0.242 e. The molecule has 1 aromatic carbocycles. The standard InChI is InChI=1S/C20H28N2O2/c1-20(2,18(23)21-16-10-5-3-4-6-11-16)19(24)22-14-13-15-9-7-8-12-17(15)22/h7-9,12,16H,3-6,10-11,13-14H2,1-2H3,(H,21,23). The molecule has 1 heterocycles. The van der Waals surface area contributed by atoms with Crippen molar-refractivity contribution in [3.05, 3.63) is 29.8 Å². The van der Waals surface area contributed by atoms with E-state index in [1.54, 1.807) is 18.7 Å². The van der Waals surface area contributed by atoms with Crippen molar-refractivity contribution in [2.24, 2.45) is 5.41 Å². The van der Waals surface area contributed by atoms with Gasteiger partial charge in [0, 0.05) is 18.3 Å². The first kappa shape index (κ1) is 17.0. The van der Waals surface area contributed by atoms with E-state index in [-0.39, 0.29) is 17.9 Å². The predicted molar refractivity (Wildman–Crippen MR) is 95.9 cm³/mol. The summed E-state index contributed by atoms with van der Waals surface area (Å²) in [6.45, 7) is 4.17. The fourth-order valence-corrected chi connectivity index (χ4v) is 3.77. The van der Waals surface area contributed by atoms with Gasteiger partial charge in [-0.2, -0.15) is 0 Å². The van der Waals surface area contributed by atoms with Gasteiger partial charge in [0.2, 0.25) is 11.8 Å². The molecule has 4 nitrogen and oxygen atoms in total. The Morgan fingerprint density at radius 3 is 2.46 bits per heavy atom. The van der Waals surface area contributed by atoms with Gasteiger partial charge in [-0.3, -0.25) is 9.59 Å². The van der Waals surface area contributed by atoms with Crippen LogP contribution in [0.5, 0.6) is 0 Å². The third-order valence-electron chi connectivity index (χ3n) is 5.43. The minimum absolute atomic E-state index is 0.0985. The number of anilines is 1. The third-order valence-corrected chi connectivity index (χ3v) is 5.43. The molecule has 0 atom stereocenters. The van der Waals surface area contributed by atoms with Gasteiger partial charge in [-0.25, -0.2) is 0 Å². The van der Waals surface area contributed by atoms with Crippen LogP contribution in [0, 0.1) is 5.41 Å². The second kappa shape index (κ2) is 6.96. The van der Waals surface area contributed by atoms with Gasteiger partial charge < -0.3 is 10.2 Å². The lowest BCUT2D eigenvalue weighted by atomic mass is 9.89. The van der Waals surface area contributed by atoms with Crippen molar-refractivity contribution in [2.75, 3.05) is 11.4 Å². The Bertz CT molecular complexity index is 616. The van der Waals surface area contributed by atoms with E-state index in [1.165, 1.54) is 31.2 Å². The van der Waals surface area contributed by atoms with E-state index in [4.69, 9.17) is 0 Å². The molecule has 2 aliphatic rings. The summed E-state index contributed by atoms with van der Waals surface area (Å²) in [5, 5.41) is 3.14. The second-order valence-corrected chi connectivity index (χ2v) is 7.62. The van der Waals surface area contributed by atoms with Crippen LogP contribution in [0.15, 0.2) is 24.3 Å². The molecule has 0 unspecified atom stereocenters. The van der Waals surface area contributed by atoms with Crippen LogP contribution >= 0.6 is 0 Å². The van der Waals surface area contributed by atoms with Crippen molar-refractivity contribution in [1.29, 1.82) is 0 Å². The second-order valence-electron chi connectivity index (χ2n) is 7.62. The quantitative estimate of drug-likeness (QED) is 0.682. The third kappa shape index (κ3) is 3.33. The number of carbonyl (C=O) groups excluding carboxylic acids is 2. The van der Waals surface area contributed by atoms with Gasteiger partial charge >= 0.3 is 0 Å². The Balaban J connectivity index is 1.70. The van der Waals surface area contributed by atoms with Gasteiger partial charge in [-0.05, 0) is 44.7 Å². The number of rotatable bonds is 3. The number of hydrogen-bond donors (Lipinski definition) is 1. The van der Waals surface area contributed by atoms with Crippen molar-refractivity contribution in [3.63, 3.8) is 0 Å². The lowest BCUT2D eigenvalue weighted by Crippen LogP contribution is -2.51. The molecule has 0 radical (unpaired) electrons. The zero-order valence-electron chi connectivity index (χ0n) is 14.8. The van der Waals surface area contributed by atoms with Gasteiger partial charge in [0.05, 0.1) is 0 Å². The average Bonchev–Trinajstić information content (AvgIpc) is 2.83. The highest BCUT2D eigenvalue weighted by Crippen LogP contribution is 2.32. The first-order valence-corrected chi connectivity index (χ1v) is 9.21. The molecule has 3 rings (SSSR count). The van der Waals surface area contributed by atoms with Gasteiger partial charge in [0.1, 0.15) is 5.41 Å². The summed E-state index contributed by atoms with van der Waals surface area (Å²) < 4.78 is 0. The largest absolute Gasteiger partial charge is 0.352 e. The van der Waals surface area contributed by atoms with Gasteiger partial charge in [0.25, 0.3) is 0 Å². The summed E-state index contributed by atoms with van der Waals surface area (Å²) in [5.41, 5.74) is 1.10. The van der Waals surface area contributed by atoms with Crippen molar-refractivity contribution in [1.82, 2.24) is 5.32 Å². The Morgan fingerprint density at radius 2 is 1.75 bits per heavy atom. The molecule has 1 aromatic rings. The number of benzene rings is 1. The van der Waals surface area contributed by atoms with Crippen LogP contribution in [-0.2, 0) is 16.0 Å². The molecular formula is C20H28N2O2. The maximum Gasteiger partial charge on any atom is 0.242 e. The SMILES string of the molecule is CC(C)(C(=O)NC1CCCCCC1)C(=O)N1CCc2ccccc21. The van der Waals surface area contributed by atoms with E-state index in [0.717, 1.165) is 24.9 Å². The number of hydrogen-bond acceptors (Lipinski definition) is 2. The molecule has 0 saturated heterocycles. The normalized spacial score (nSPS) is 18.8. The lowest BCUT2D eigenvalue weighted by Gasteiger charge is -2.30. The van der Waals surface area contributed by atoms with Crippen LogP contribution in [-0.4, -0.2) is 24.4 Å². The van der Waals surface area contributed by atoms with Crippen LogP contribution in [0.1, 0.15) is 57.9 Å². The number of fused-ring (bicyclic) bond motifs is 1. The lowest BCUT2D eigenvalue weighted by molar-refractivity contribution is -0.140. The van der Waals surface area contributed by atoms with Crippen LogP contribution in [0.3, 0.4) is 0 Å². The number of nitrogens with one attached hydrogen (secondary N) is 1. The summed E-state index contributed by atoms with van der Waals surface area (Å²) >= 11 is 0. The highest BCUT2D eigenvalue weighted by atomic mass is 16.2. The molecule has 4 heteroatoms. The van der Waals surface area contributed by atoms with Gasteiger partial charge in [0.15, 0.2) is 0 Å². The van der Waals surface area contributed by atoms with E-state index >= 15 is 0 Å². The summed E-state index contributed by atoms with van der Waals surface area (Å²) in [5.74, 6) is -0.234. The van der Waals surface area contributed by atoms with E-state index in [1.807, 2.05) is 18.2 Å². The zero-order chi connectivity index (χ0) is 17.2. The number of para-hydroxylation sites is 1. The Hall–Kier alpha value is -1.84. The predicted octanol–water partition coefficient (Wildman–Crippen LogP) is 3.44. The summed E-state index contributed by atoms with van der Waals surface area (Å²) in [6.07, 6.45) is 7.75. The van der Waals surface area contributed by atoms with Crippen LogP contribution in [0.25, 0.3) is 0 Å². The molecule has 0 spiro atoms. The Labute approximate surface area is 144 Å². The average molecular weight is 328 g/mol. The molecule has 2 amide bonds. The van der Waals surface area contributed by atoms with E-state index in [0.29, 0.717) is 6.54 Å². The fourth-order valence-electron chi connectivity index (χ4n) is 3.77. The zero-order valence-corrected chi connectivity index (χ0v) is 14.8. The maximum absolute atomic E-state index is 13.0. The monoisotopic (exact) mass is 328 g/mol. The highest BCUT2D eigenvalue weighted by Gasteiger charge is 2.41. The van der Waals surface area contributed by atoms with Gasteiger partial charge in [-0.15, -0.1) is 0 Å². The van der Waals surface area contributed by atoms with Crippen molar-refractivity contribution in [3.8, 4) is 0 Å². The molecule has 1 N–H and O–H groups in total. The Morgan fingerprint density at radius 1 is 1.08 bits per heavy atom. The number of amides is 2. The molecule has 0 aromatic heterocycles. The molecule has 1 fully saturated rings. The van der Waals surface area contributed by atoms with Crippen LogP contribution in [0.2, 0.25) is 0 Å². The molecule has 1 saturated carbocycles. The van der Waals surface area contributed by atoms with E-state index in [9.17, 15) is 9.59 Å². The molecule has 1 aliphatic heterocycles. The van der Waals surface area contributed by atoms with E-state index < -0.39 is 5.41 Å². The van der Waals surface area contributed by atoms with Crippen molar-refractivity contribution >= 4 is 17.5 Å². The first-order chi connectivity index (χ1) is 11.5. The molecule has 1 aliphatic carbocycles. The topological polar surface area (TPSA) is 49.4 Å². The van der Waals surface area contributed by atoms with Gasteiger partial charge in [-0.1, -0.05) is 43.9 Å². The first-order valence-electron chi connectivity index (χ1n) is 9.21. The summed E-state index contributed by atoms with van der Waals surface area (Å²) in [4.78, 5) is 27.6. The Kier molecular flexibility index (Phi) is 4.93. The minimum atomic E-state index is -1.04. The number of carbonyl (C=O) groups is 2. The summed E-state index contributed by atoms with van der Waals surface area (Å²) in [6, 6.07) is 8.19. The maximum atomic E-state index is 13.0. The number of nitrogens with zero attached hydrogens (tertiary/aromatic N) is 1. The molecule has 130 valence electrons. The van der Waals surface area contributed by atoms with E-state index in [2.05, 4.69) is 11.4 Å². The van der Waals surface area contributed by atoms with Crippen molar-refractivity contribution in [2.45, 2.75) is 64.8 Å². The highest BCUT2D eigenvalue weighted by molar-refractivity contribution is 6.11. The van der Waals surface area contributed by atoms with Crippen molar-refractivity contribution < 1.29 is 9.59 Å². The van der Waals surface area contributed by atoms with Crippen LogP contribution in [0.4, 0.5) is 5.69 Å². The van der Waals surface area contributed by atoms with Crippen LogP contribution < -0.4 is 10.2 Å². The fraction of sp³-hybridized carbons (Fsp3) is 0.600.